The molecule has 1 aromatic heterocycles. The summed E-state index contributed by atoms with van der Waals surface area (Å²) < 4.78 is 12.7. The van der Waals surface area contributed by atoms with Crippen LogP contribution >= 0.6 is 0 Å². The van der Waals surface area contributed by atoms with E-state index < -0.39 is 5.95 Å². The van der Waals surface area contributed by atoms with Gasteiger partial charge in [0.25, 0.3) is 0 Å². The number of nitrogens with zero attached hydrogens (tertiary/aromatic N) is 1. The molecule has 0 fully saturated rings. The number of anilines is 1. The fourth-order valence-electron chi connectivity index (χ4n) is 1.20. The fraction of sp³-hybridized carbons (Fsp3) is 0.455. The summed E-state index contributed by atoms with van der Waals surface area (Å²) in [5, 5.41) is 5.64. The van der Waals surface area contributed by atoms with Crippen molar-refractivity contribution >= 4 is 11.7 Å². The molecule has 5 heteroatoms. The summed E-state index contributed by atoms with van der Waals surface area (Å²) in [5.74, 6) is -0.118. The second kappa shape index (κ2) is 6.05. The van der Waals surface area contributed by atoms with E-state index >= 15 is 0 Å². The highest BCUT2D eigenvalue weighted by Crippen LogP contribution is 2.02. The number of pyridine rings is 1. The van der Waals surface area contributed by atoms with Crippen molar-refractivity contribution in [2.75, 3.05) is 11.9 Å². The number of aromatic nitrogens is 1. The van der Waals surface area contributed by atoms with Gasteiger partial charge in [0.2, 0.25) is 11.9 Å². The lowest BCUT2D eigenvalue weighted by atomic mass is 10.3. The molecule has 0 radical (unpaired) electrons. The average Bonchev–Trinajstić information content (AvgIpc) is 2.16. The minimum atomic E-state index is -0.531. The molecule has 0 bridgehead atoms. The van der Waals surface area contributed by atoms with Gasteiger partial charge in [-0.1, -0.05) is 6.07 Å². The second-order valence-corrected chi connectivity index (χ2v) is 3.74. The van der Waals surface area contributed by atoms with E-state index in [1.54, 1.807) is 12.1 Å². The molecule has 0 atom stereocenters. The molecule has 0 unspecified atom stereocenters. The Hall–Kier alpha value is -1.65. The number of halogens is 1. The van der Waals surface area contributed by atoms with Crippen LogP contribution in [0.1, 0.15) is 20.3 Å². The molecule has 4 nitrogen and oxygen atoms in total. The number of hydrogen-bond acceptors (Lipinski definition) is 3. The standard InChI is InChI=1S/C11H16FN3O/c1-8(2)14-11(16)6-7-13-10-5-3-4-9(12)15-10/h3-5,8H,6-7H2,1-2H3,(H,13,15)(H,14,16). The quantitative estimate of drug-likeness (QED) is 0.747. The van der Waals surface area contributed by atoms with Gasteiger partial charge in [0.05, 0.1) is 0 Å². The van der Waals surface area contributed by atoms with Gasteiger partial charge in [0, 0.05) is 19.0 Å². The predicted molar refractivity (Wildman–Crippen MR) is 60.6 cm³/mol. The largest absolute Gasteiger partial charge is 0.369 e. The van der Waals surface area contributed by atoms with E-state index in [1.807, 2.05) is 13.8 Å². The van der Waals surface area contributed by atoms with Crippen LogP contribution in [0.25, 0.3) is 0 Å². The van der Waals surface area contributed by atoms with Crippen LogP contribution in [-0.2, 0) is 4.79 Å². The maximum Gasteiger partial charge on any atom is 0.221 e. The lowest BCUT2D eigenvalue weighted by Crippen LogP contribution is -2.31. The number of nitrogens with one attached hydrogen (secondary N) is 2. The lowest BCUT2D eigenvalue weighted by molar-refractivity contribution is -0.121. The number of carbonyl (C=O) groups excluding carboxylic acids is 1. The summed E-state index contributed by atoms with van der Waals surface area (Å²) in [6.45, 7) is 4.24. The number of carbonyl (C=O) groups is 1. The molecule has 0 spiro atoms. The van der Waals surface area contributed by atoms with E-state index in [2.05, 4.69) is 15.6 Å². The molecule has 0 saturated heterocycles. The summed E-state index contributed by atoms with van der Waals surface area (Å²) in [5.41, 5.74) is 0. The van der Waals surface area contributed by atoms with Crippen molar-refractivity contribution in [1.82, 2.24) is 10.3 Å². The first-order chi connectivity index (χ1) is 7.58. The van der Waals surface area contributed by atoms with Crippen LogP contribution in [0.15, 0.2) is 18.2 Å². The van der Waals surface area contributed by atoms with Gasteiger partial charge >= 0.3 is 0 Å². The Labute approximate surface area is 94.3 Å². The normalized spacial score (nSPS) is 10.2. The van der Waals surface area contributed by atoms with E-state index in [0.29, 0.717) is 18.8 Å². The van der Waals surface area contributed by atoms with Crippen LogP contribution in [0.2, 0.25) is 0 Å². The molecule has 1 rings (SSSR count). The molecule has 0 aromatic carbocycles. The fourth-order valence-corrected chi connectivity index (χ4v) is 1.20. The zero-order valence-corrected chi connectivity index (χ0v) is 9.46. The Morgan fingerprint density at radius 2 is 2.25 bits per heavy atom. The molecule has 1 heterocycles. The molecule has 0 aliphatic heterocycles. The minimum absolute atomic E-state index is 0.0288. The topological polar surface area (TPSA) is 54.0 Å². The minimum Gasteiger partial charge on any atom is -0.369 e. The first-order valence-electron chi connectivity index (χ1n) is 5.23. The Kier molecular flexibility index (Phi) is 4.69. The molecule has 0 saturated carbocycles. The van der Waals surface area contributed by atoms with Crippen LogP contribution < -0.4 is 10.6 Å². The van der Waals surface area contributed by atoms with Gasteiger partial charge in [-0.25, -0.2) is 4.98 Å². The van der Waals surface area contributed by atoms with Crippen molar-refractivity contribution in [3.63, 3.8) is 0 Å². The van der Waals surface area contributed by atoms with E-state index in [-0.39, 0.29) is 11.9 Å². The SMILES string of the molecule is CC(C)NC(=O)CCNc1cccc(F)n1. The molecular weight excluding hydrogens is 209 g/mol. The van der Waals surface area contributed by atoms with Gasteiger partial charge < -0.3 is 10.6 Å². The summed E-state index contributed by atoms with van der Waals surface area (Å²) in [6, 6.07) is 4.64. The van der Waals surface area contributed by atoms with E-state index in [1.165, 1.54) is 6.07 Å². The third-order valence-corrected chi connectivity index (χ3v) is 1.82. The third kappa shape index (κ3) is 4.72. The van der Waals surface area contributed by atoms with Crippen LogP contribution in [0, 0.1) is 5.95 Å². The van der Waals surface area contributed by atoms with Crippen molar-refractivity contribution in [2.24, 2.45) is 0 Å². The first-order valence-corrected chi connectivity index (χ1v) is 5.23. The molecule has 1 aromatic rings. The number of amides is 1. The lowest BCUT2D eigenvalue weighted by Gasteiger charge is -2.09. The van der Waals surface area contributed by atoms with Crippen molar-refractivity contribution in [1.29, 1.82) is 0 Å². The first kappa shape index (κ1) is 12.4. The zero-order valence-electron chi connectivity index (χ0n) is 9.46. The number of rotatable bonds is 5. The van der Waals surface area contributed by atoms with Crippen LogP contribution in [-0.4, -0.2) is 23.5 Å². The van der Waals surface area contributed by atoms with Gasteiger partial charge in [-0.05, 0) is 26.0 Å². The Morgan fingerprint density at radius 3 is 2.88 bits per heavy atom. The Balaban J connectivity index is 2.28. The molecular formula is C11H16FN3O. The van der Waals surface area contributed by atoms with E-state index in [0.717, 1.165) is 0 Å². The highest BCUT2D eigenvalue weighted by Gasteiger charge is 2.02. The monoisotopic (exact) mass is 225 g/mol. The summed E-state index contributed by atoms with van der Waals surface area (Å²) in [7, 11) is 0. The van der Waals surface area contributed by atoms with Crippen molar-refractivity contribution in [3.8, 4) is 0 Å². The summed E-state index contributed by atoms with van der Waals surface area (Å²) in [4.78, 5) is 14.9. The molecule has 0 aliphatic carbocycles. The highest BCUT2D eigenvalue weighted by atomic mass is 19.1. The van der Waals surface area contributed by atoms with Crippen molar-refractivity contribution < 1.29 is 9.18 Å². The molecule has 2 N–H and O–H groups in total. The second-order valence-electron chi connectivity index (χ2n) is 3.74. The molecule has 16 heavy (non-hydrogen) atoms. The third-order valence-electron chi connectivity index (χ3n) is 1.82. The van der Waals surface area contributed by atoms with Crippen LogP contribution in [0.5, 0.6) is 0 Å². The van der Waals surface area contributed by atoms with Crippen LogP contribution in [0.4, 0.5) is 10.2 Å². The smallest absolute Gasteiger partial charge is 0.221 e. The maximum absolute atomic E-state index is 12.7. The van der Waals surface area contributed by atoms with Crippen molar-refractivity contribution in [2.45, 2.75) is 26.3 Å². The van der Waals surface area contributed by atoms with Gasteiger partial charge in [-0.3, -0.25) is 4.79 Å². The molecule has 0 aliphatic rings. The van der Waals surface area contributed by atoms with E-state index in [4.69, 9.17) is 0 Å². The van der Waals surface area contributed by atoms with Crippen molar-refractivity contribution in [3.05, 3.63) is 24.1 Å². The van der Waals surface area contributed by atoms with Gasteiger partial charge in [-0.15, -0.1) is 0 Å². The maximum atomic E-state index is 12.7. The van der Waals surface area contributed by atoms with Gasteiger partial charge in [0.1, 0.15) is 5.82 Å². The van der Waals surface area contributed by atoms with Crippen LogP contribution in [0.3, 0.4) is 0 Å². The van der Waals surface area contributed by atoms with E-state index in [9.17, 15) is 9.18 Å². The summed E-state index contributed by atoms with van der Waals surface area (Å²) >= 11 is 0. The Bertz CT molecular complexity index is 355. The predicted octanol–water partition coefficient (Wildman–Crippen LogP) is 1.55. The van der Waals surface area contributed by atoms with Gasteiger partial charge in [0.15, 0.2) is 0 Å². The average molecular weight is 225 g/mol. The highest BCUT2D eigenvalue weighted by molar-refractivity contribution is 5.76. The number of hydrogen-bond donors (Lipinski definition) is 2. The van der Waals surface area contributed by atoms with Gasteiger partial charge in [-0.2, -0.15) is 4.39 Å². The molecule has 88 valence electrons. The zero-order chi connectivity index (χ0) is 12.0. The summed E-state index contributed by atoms with van der Waals surface area (Å²) in [6.07, 6.45) is 0.344. The molecule has 1 amide bonds. The Morgan fingerprint density at radius 1 is 1.50 bits per heavy atom.